The molecule has 2 unspecified atom stereocenters. The minimum absolute atomic E-state index is 0.352. The van der Waals surface area contributed by atoms with Crippen molar-refractivity contribution in [3.05, 3.63) is 0 Å². The van der Waals surface area contributed by atoms with Crippen molar-refractivity contribution in [1.82, 2.24) is 10.6 Å². The summed E-state index contributed by atoms with van der Waals surface area (Å²) < 4.78 is 5.48. The molecule has 2 aliphatic rings. The highest BCUT2D eigenvalue weighted by Gasteiger charge is 2.18. The first-order valence-electron chi connectivity index (χ1n) is 5.01. The molecule has 0 amide bonds. The van der Waals surface area contributed by atoms with Crippen LogP contribution < -0.4 is 10.6 Å². The van der Waals surface area contributed by atoms with E-state index < -0.39 is 0 Å². The largest absolute Gasteiger partial charge is 0.363 e. The van der Waals surface area contributed by atoms with E-state index in [9.17, 15) is 0 Å². The van der Waals surface area contributed by atoms with Crippen molar-refractivity contribution in [2.24, 2.45) is 5.92 Å². The fraction of sp³-hybridized carbons (Fsp3) is 1.00. The highest BCUT2D eigenvalue weighted by atomic mass is 16.5. The molecular formula is C9H18N2O. The van der Waals surface area contributed by atoms with Crippen LogP contribution in [0.15, 0.2) is 0 Å². The summed E-state index contributed by atoms with van der Waals surface area (Å²) in [5, 5.41) is 6.83. The second-order valence-electron chi connectivity index (χ2n) is 3.77. The van der Waals surface area contributed by atoms with Crippen molar-refractivity contribution in [1.29, 1.82) is 0 Å². The van der Waals surface area contributed by atoms with E-state index in [1.54, 1.807) is 0 Å². The predicted octanol–water partition coefficient (Wildman–Crippen LogP) is 0.322. The van der Waals surface area contributed by atoms with Crippen LogP contribution in [0.2, 0.25) is 0 Å². The molecular weight excluding hydrogens is 152 g/mol. The molecule has 2 fully saturated rings. The molecule has 0 saturated carbocycles. The topological polar surface area (TPSA) is 33.3 Å². The van der Waals surface area contributed by atoms with E-state index in [-0.39, 0.29) is 0 Å². The molecule has 0 radical (unpaired) electrons. The zero-order valence-corrected chi connectivity index (χ0v) is 7.51. The van der Waals surface area contributed by atoms with Gasteiger partial charge in [-0.15, -0.1) is 0 Å². The third kappa shape index (κ3) is 2.19. The summed E-state index contributed by atoms with van der Waals surface area (Å²) in [6, 6.07) is 0. The normalized spacial score (nSPS) is 36.0. The molecule has 0 bridgehead atoms. The third-order valence-corrected chi connectivity index (χ3v) is 2.73. The van der Waals surface area contributed by atoms with Gasteiger partial charge in [0.25, 0.3) is 0 Å². The van der Waals surface area contributed by atoms with Gasteiger partial charge in [-0.3, -0.25) is 5.32 Å². The van der Waals surface area contributed by atoms with Gasteiger partial charge in [0.15, 0.2) is 0 Å². The first kappa shape index (κ1) is 8.48. The van der Waals surface area contributed by atoms with E-state index in [2.05, 4.69) is 10.6 Å². The van der Waals surface area contributed by atoms with E-state index in [4.69, 9.17) is 4.74 Å². The summed E-state index contributed by atoms with van der Waals surface area (Å²) in [6.45, 7) is 4.44. The molecule has 0 spiro atoms. The lowest BCUT2D eigenvalue weighted by atomic mass is 10.1. The summed E-state index contributed by atoms with van der Waals surface area (Å²) in [4.78, 5) is 0. The van der Waals surface area contributed by atoms with Gasteiger partial charge in [0, 0.05) is 13.2 Å². The Morgan fingerprint density at radius 1 is 1.42 bits per heavy atom. The Bertz CT molecular complexity index is 112. The monoisotopic (exact) mass is 170 g/mol. The maximum absolute atomic E-state index is 5.48. The Morgan fingerprint density at radius 3 is 3.08 bits per heavy atom. The lowest BCUT2D eigenvalue weighted by Gasteiger charge is -2.14. The Balaban J connectivity index is 1.60. The van der Waals surface area contributed by atoms with Gasteiger partial charge in [0.2, 0.25) is 0 Å². The average molecular weight is 170 g/mol. The fourth-order valence-corrected chi connectivity index (χ4v) is 1.93. The predicted molar refractivity (Wildman–Crippen MR) is 48.0 cm³/mol. The van der Waals surface area contributed by atoms with Gasteiger partial charge in [-0.2, -0.15) is 0 Å². The third-order valence-electron chi connectivity index (χ3n) is 2.73. The van der Waals surface area contributed by atoms with Crippen LogP contribution in [0.25, 0.3) is 0 Å². The average Bonchev–Trinajstić information content (AvgIpc) is 2.74. The van der Waals surface area contributed by atoms with Gasteiger partial charge in [-0.25, -0.2) is 0 Å². The molecule has 2 saturated heterocycles. The van der Waals surface area contributed by atoms with Crippen LogP contribution in [0.1, 0.15) is 19.3 Å². The Morgan fingerprint density at radius 2 is 2.42 bits per heavy atom. The summed E-state index contributed by atoms with van der Waals surface area (Å²) >= 11 is 0. The minimum atomic E-state index is 0.352. The lowest BCUT2D eigenvalue weighted by molar-refractivity contribution is 0.0811. The highest BCUT2D eigenvalue weighted by Crippen LogP contribution is 2.11. The second kappa shape index (κ2) is 4.21. The Labute approximate surface area is 73.9 Å². The maximum Gasteiger partial charge on any atom is 0.108 e. The Kier molecular flexibility index (Phi) is 2.98. The van der Waals surface area contributed by atoms with Crippen LogP contribution >= 0.6 is 0 Å². The smallest absolute Gasteiger partial charge is 0.108 e. The van der Waals surface area contributed by atoms with Crippen molar-refractivity contribution in [2.45, 2.75) is 25.5 Å². The molecule has 2 N–H and O–H groups in total. The SMILES string of the molecule is C1COC(NCC2CCNC2)C1. The summed E-state index contributed by atoms with van der Waals surface area (Å²) in [5.74, 6) is 0.828. The van der Waals surface area contributed by atoms with Crippen molar-refractivity contribution in [3.8, 4) is 0 Å². The van der Waals surface area contributed by atoms with Crippen LogP contribution in [0.4, 0.5) is 0 Å². The van der Waals surface area contributed by atoms with Crippen molar-refractivity contribution in [2.75, 3.05) is 26.2 Å². The van der Waals surface area contributed by atoms with Crippen LogP contribution in [0.5, 0.6) is 0 Å². The summed E-state index contributed by atoms with van der Waals surface area (Å²) in [5.41, 5.74) is 0. The maximum atomic E-state index is 5.48. The molecule has 2 aliphatic heterocycles. The van der Waals surface area contributed by atoms with Crippen molar-refractivity contribution >= 4 is 0 Å². The molecule has 3 nitrogen and oxygen atoms in total. The van der Waals surface area contributed by atoms with Crippen LogP contribution in [-0.4, -0.2) is 32.5 Å². The zero-order chi connectivity index (χ0) is 8.23. The van der Waals surface area contributed by atoms with E-state index in [1.165, 1.54) is 32.4 Å². The van der Waals surface area contributed by atoms with E-state index in [0.29, 0.717) is 6.23 Å². The van der Waals surface area contributed by atoms with Crippen molar-refractivity contribution in [3.63, 3.8) is 0 Å². The lowest BCUT2D eigenvalue weighted by Crippen LogP contribution is -2.33. The highest BCUT2D eigenvalue weighted by molar-refractivity contribution is 4.74. The molecule has 0 aromatic heterocycles. The first-order chi connectivity index (χ1) is 5.95. The summed E-state index contributed by atoms with van der Waals surface area (Å²) in [6.07, 6.45) is 4.09. The number of nitrogens with one attached hydrogen (secondary N) is 2. The minimum Gasteiger partial charge on any atom is -0.363 e. The number of hydrogen-bond donors (Lipinski definition) is 2. The van der Waals surface area contributed by atoms with Gasteiger partial charge in [-0.05, 0) is 38.3 Å². The number of rotatable bonds is 3. The standard InChI is InChI=1S/C9H18N2O/c1-2-9(12-5-1)11-7-8-3-4-10-6-8/h8-11H,1-7H2. The molecule has 2 heterocycles. The Hall–Kier alpha value is -0.120. The van der Waals surface area contributed by atoms with E-state index >= 15 is 0 Å². The van der Waals surface area contributed by atoms with Gasteiger partial charge < -0.3 is 10.1 Å². The second-order valence-corrected chi connectivity index (χ2v) is 3.77. The van der Waals surface area contributed by atoms with Crippen LogP contribution in [0, 0.1) is 5.92 Å². The molecule has 0 aromatic rings. The summed E-state index contributed by atoms with van der Waals surface area (Å²) in [7, 11) is 0. The van der Waals surface area contributed by atoms with E-state index in [0.717, 1.165) is 19.1 Å². The molecule has 0 aromatic carbocycles. The quantitative estimate of drug-likeness (QED) is 0.640. The van der Waals surface area contributed by atoms with Gasteiger partial charge in [0.05, 0.1) is 0 Å². The van der Waals surface area contributed by atoms with E-state index in [1.807, 2.05) is 0 Å². The number of hydrogen-bond acceptors (Lipinski definition) is 3. The van der Waals surface area contributed by atoms with Crippen LogP contribution in [-0.2, 0) is 4.74 Å². The molecule has 70 valence electrons. The fourth-order valence-electron chi connectivity index (χ4n) is 1.93. The van der Waals surface area contributed by atoms with Gasteiger partial charge in [0.1, 0.15) is 6.23 Å². The molecule has 3 heteroatoms. The molecule has 2 atom stereocenters. The molecule has 0 aliphatic carbocycles. The molecule has 12 heavy (non-hydrogen) atoms. The van der Waals surface area contributed by atoms with Crippen LogP contribution in [0.3, 0.4) is 0 Å². The first-order valence-corrected chi connectivity index (χ1v) is 5.01. The van der Waals surface area contributed by atoms with Gasteiger partial charge in [-0.1, -0.05) is 0 Å². The molecule has 2 rings (SSSR count). The van der Waals surface area contributed by atoms with Crippen molar-refractivity contribution < 1.29 is 4.74 Å². The number of ether oxygens (including phenoxy) is 1. The van der Waals surface area contributed by atoms with Gasteiger partial charge >= 0.3 is 0 Å². The zero-order valence-electron chi connectivity index (χ0n) is 7.51.